The van der Waals surface area contributed by atoms with Crippen LogP contribution in [0.25, 0.3) is 0 Å². The molecule has 1 amide bonds. The Morgan fingerprint density at radius 1 is 1.35 bits per heavy atom. The number of aryl methyl sites for hydroxylation is 1. The number of nitrogens with two attached hydrogens (primary N) is 1. The fraction of sp³-hybridized carbons (Fsp3) is 0.200. The van der Waals surface area contributed by atoms with Crippen LogP contribution in [0.15, 0.2) is 36.5 Å². The lowest BCUT2D eigenvalue weighted by Crippen LogP contribution is -2.25. The molecule has 0 bridgehead atoms. The van der Waals surface area contributed by atoms with Crippen LogP contribution in [0.1, 0.15) is 21.6 Å². The lowest BCUT2D eigenvalue weighted by molar-refractivity contribution is 0.0941. The minimum Gasteiger partial charge on any atom is -0.347 e. The lowest BCUT2D eigenvalue weighted by Gasteiger charge is -2.05. The molecule has 2 aromatic rings. The topological polar surface area (TPSA) is 72.9 Å². The molecule has 3 N–H and O–H groups in total. The zero-order valence-electron chi connectivity index (χ0n) is 11.3. The third-order valence-corrected chi connectivity index (χ3v) is 2.80. The number of hydrogen-bond acceptors (Lipinski definition) is 3. The molecule has 0 radical (unpaired) electrons. The first kappa shape index (κ1) is 13.8. The molecule has 0 saturated heterocycles. The summed E-state index contributed by atoms with van der Waals surface area (Å²) in [5, 5.41) is 6.81. The number of nitrogens with zero attached hydrogens (tertiary/aromatic N) is 2. The van der Waals surface area contributed by atoms with Gasteiger partial charge in [0.1, 0.15) is 5.69 Å². The van der Waals surface area contributed by atoms with Gasteiger partial charge in [-0.3, -0.25) is 9.48 Å². The molecule has 0 aliphatic carbocycles. The molecule has 0 fully saturated rings. The van der Waals surface area contributed by atoms with E-state index < -0.39 is 0 Å². The van der Waals surface area contributed by atoms with E-state index in [1.807, 2.05) is 24.3 Å². The summed E-state index contributed by atoms with van der Waals surface area (Å²) >= 11 is 0. The van der Waals surface area contributed by atoms with Crippen molar-refractivity contribution < 1.29 is 4.79 Å². The van der Waals surface area contributed by atoms with E-state index in [0.29, 0.717) is 18.8 Å². The van der Waals surface area contributed by atoms with Crippen molar-refractivity contribution in [3.63, 3.8) is 0 Å². The van der Waals surface area contributed by atoms with E-state index in [4.69, 9.17) is 5.73 Å². The Morgan fingerprint density at radius 2 is 2.10 bits per heavy atom. The second kappa shape index (κ2) is 6.55. The first-order chi connectivity index (χ1) is 9.70. The van der Waals surface area contributed by atoms with Crippen molar-refractivity contribution in [1.29, 1.82) is 0 Å². The van der Waals surface area contributed by atoms with E-state index in [9.17, 15) is 4.79 Å². The van der Waals surface area contributed by atoms with E-state index in [0.717, 1.165) is 11.1 Å². The number of rotatable bonds is 3. The highest BCUT2D eigenvalue weighted by Gasteiger charge is 2.08. The second-order valence-electron chi connectivity index (χ2n) is 4.23. The van der Waals surface area contributed by atoms with Crippen LogP contribution >= 0.6 is 0 Å². The third kappa shape index (κ3) is 3.46. The van der Waals surface area contributed by atoms with Crippen molar-refractivity contribution in [2.75, 3.05) is 6.54 Å². The van der Waals surface area contributed by atoms with Crippen LogP contribution in [0, 0.1) is 11.8 Å². The van der Waals surface area contributed by atoms with Crippen LogP contribution in [-0.4, -0.2) is 22.2 Å². The number of carbonyl (C=O) groups excluding carboxylic acids is 1. The Balaban J connectivity index is 1.94. The van der Waals surface area contributed by atoms with E-state index in [1.54, 1.807) is 24.0 Å². The van der Waals surface area contributed by atoms with Gasteiger partial charge in [-0.1, -0.05) is 24.0 Å². The largest absolute Gasteiger partial charge is 0.347 e. The maximum atomic E-state index is 11.9. The summed E-state index contributed by atoms with van der Waals surface area (Å²) < 4.78 is 1.54. The highest BCUT2D eigenvalue weighted by atomic mass is 16.2. The number of nitrogens with one attached hydrogen (secondary N) is 1. The monoisotopic (exact) mass is 268 g/mol. The fourth-order valence-electron chi connectivity index (χ4n) is 1.73. The van der Waals surface area contributed by atoms with Gasteiger partial charge in [0.15, 0.2) is 0 Å². The Kier molecular flexibility index (Phi) is 4.53. The smallest absolute Gasteiger partial charge is 0.269 e. The van der Waals surface area contributed by atoms with Crippen molar-refractivity contribution in [3.8, 4) is 11.8 Å². The average Bonchev–Trinajstić information content (AvgIpc) is 2.90. The van der Waals surface area contributed by atoms with Crippen molar-refractivity contribution in [1.82, 2.24) is 15.1 Å². The van der Waals surface area contributed by atoms with Crippen LogP contribution in [-0.2, 0) is 13.6 Å². The molecule has 5 nitrogen and oxygen atoms in total. The molecular weight excluding hydrogens is 252 g/mol. The van der Waals surface area contributed by atoms with Gasteiger partial charge in [0.2, 0.25) is 0 Å². The van der Waals surface area contributed by atoms with Crippen molar-refractivity contribution in [3.05, 3.63) is 53.3 Å². The van der Waals surface area contributed by atoms with Crippen LogP contribution < -0.4 is 11.1 Å². The third-order valence-electron chi connectivity index (χ3n) is 2.80. The van der Waals surface area contributed by atoms with Crippen LogP contribution in [0.5, 0.6) is 0 Å². The van der Waals surface area contributed by atoms with Gasteiger partial charge in [-0.15, -0.1) is 0 Å². The molecule has 0 aliphatic heterocycles. The van der Waals surface area contributed by atoms with Gasteiger partial charge >= 0.3 is 0 Å². The van der Waals surface area contributed by atoms with Crippen LogP contribution in [0.4, 0.5) is 0 Å². The molecule has 1 heterocycles. The van der Waals surface area contributed by atoms with Gasteiger partial charge in [-0.25, -0.2) is 0 Å². The first-order valence-electron chi connectivity index (χ1n) is 6.25. The highest BCUT2D eigenvalue weighted by molar-refractivity contribution is 5.92. The Morgan fingerprint density at radius 3 is 2.70 bits per heavy atom. The van der Waals surface area contributed by atoms with E-state index in [1.165, 1.54) is 0 Å². The zero-order valence-corrected chi connectivity index (χ0v) is 11.3. The first-order valence-corrected chi connectivity index (χ1v) is 6.25. The summed E-state index contributed by atoms with van der Waals surface area (Å²) in [5.74, 6) is 5.61. The average molecular weight is 268 g/mol. The Labute approximate surface area is 117 Å². The van der Waals surface area contributed by atoms with E-state index in [2.05, 4.69) is 22.3 Å². The zero-order chi connectivity index (χ0) is 14.4. The summed E-state index contributed by atoms with van der Waals surface area (Å²) in [6.45, 7) is 0.817. The van der Waals surface area contributed by atoms with Crippen LogP contribution in [0.2, 0.25) is 0 Å². The Hall–Kier alpha value is -2.58. The molecule has 1 aromatic heterocycles. The van der Waals surface area contributed by atoms with Crippen LogP contribution in [0.3, 0.4) is 0 Å². The maximum Gasteiger partial charge on any atom is 0.269 e. The van der Waals surface area contributed by atoms with E-state index in [-0.39, 0.29) is 5.91 Å². The van der Waals surface area contributed by atoms with Crippen molar-refractivity contribution in [2.45, 2.75) is 6.54 Å². The predicted molar refractivity (Wildman–Crippen MR) is 76.8 cm³/mol. The number of hydrogen-bond donors (Lipinski definition) is 2. The molecule has 20 heavy (non-hydrogen) atoms. The standard InChI is InChI=1S/C15H16N4O/c1-19-14(8-10-18-19)15(20)17-11-13-6-4-12(5-7-13)3-2-9-16/h4-8,10H,9,11,16H2,1H3,(H,17,20). The highest BCUT2D eigenvalue weighted by Crippen LogP contribution is 2.04. The Bertz CT molecular complexity index is 647. The predicted octanol–water partition coefficient (Wildman–Crippen LogP) is 0.660. The van der Waals surface area contributed by atoms with Gasteiger partial charge in [-0.05, 0) is 23.8 Å². The minimum absolute atomic E-state index is 0.142. The van der Waals surface area contributed by atoms with E-state index >= 15 is 0 Å². The molecule has 2 rings (SSSR count). The summed E-state index contributed by atoms with van der Waals surface area (Å²) in [5.41, 5.74) is 7.78. The number of aromatic nitrogens is 2. The van der Waals surface area contributed by atoms with Gasteiger partial charge < -0.3 is 11.1 Å². The minimum atomic E-state index is -0.142. The normalized spacial score (nSPS) is 9.70. The summed E-state index contributed by atoms with van der Waals surface area (Å²) in [4.78, 5) is 11.9. The molecule has 1 aromatic carbocycles. The number of amides is 1. The molecule has 0 atom stereocenters. The van der Waals surface area contributed by atoms with Gasteiger partial charge in [0.25, 0.3) is 5.91 Å². The van der Waals surface area contributed by atoms with Crippen molar-refractivity contribution in [2.24, 2.45) is 12.8 Å². The summed E-state index contributed by atoms with van der Waals surface area (Å²) in [6, 6.07) is 9.37. The van der Waals surface area contributed by atoms with Gasteiger partial charge in [0, 0.05) is 25.4 Å². The van der Waals surface area contributed by atoms with Gasteiger partial charge in [0.05, 0.1) is 6.54 Å². The number of carbonyl (C=O) groups is 1. The molecule has 0 aliphatic rings. The number of benzene rings is 1. The molecule has 0 unspecified atom stereocenters. The molecule has 0 saturated carbocycles. The van der Waals surface area contributed by atoms with Crippen molar-refractivity contribution >= 4 is 5.91 Å². The summed E-state index contributed by atoms with van der Waals surface area (Å²) in [6.07, 6.45) is 1.60. The SMILES string of the molecule is Cn1nccc1C(=O)NCc1ccc(C#CCN)cc1. The molecule has 0 spiro atoms. The quantitative estimate of drug-likeness (QED) is 0.803. The van der Waals surface area contributed by atoms with Gasteiger partial charge in [-0.2, -0.15) is 5.10 Å². The maximum absolute atomic E-state index is 11.9. The molecule has 102 valence electrons. The summed E-state index contributed by atoms with van der Waals surface area (Å²) in [7, 11) is 1.74. The fourth-order valence-corrected chi connectivity index (χ4v) is 1.73. The lowest BCUT2D eigenvalue weighted by atomic mass is 10.1. The molecule has 5 heteroatoms. The second-order valence-corrected chi connectivity index (χ2v) is 4.23. The molecular formula is C15H16N4O.